The highest BCUT2D eigenvalue weighted by Crippen LogP contribution is 2.12. The number of hydrogen-bond acceptors (Lipinski definition) is 3. The minimum Gasteiger partial charge on any atom is -0.353 e. The Kier molecular flexibility index (Phi) is 4.60. The van der Waals surface area contributed by atoms with E-state index >= 15 is 0 Å². The van der Waals surface area contributed by atoms with Crippen LogP contribution in [0.25, 0.3) is 5.65 Å². The van der Waals surface area contributed by atoms with Crippen molar-refractivity contribution in [3.05, 3.63) is 65.4 Å². The van der Waals surface area contributed by atoms with Crippen molar-refractivity contribution in [2.45, 2.75) is 39.7 Å². The van der Waals surface area contributed by atoms with Crippen LogP contribution in [0.2, 0.25) is 0 Å². The highest BCUT2D eigenvalue weighted by Gasteiger charge is 2.14. The van der Waals surface area contributed by atoms with Crippen molar-refractivity contribution >= 4 is 11.6 Å². The summed E-state index contributed by atoms with van der Waals surface area (Å²) in [5, 5.41) is 3.06. The average molecular weight is 322 g/mol. The van der Waals surface area contributed by atoms with E-state index in [0.717, 1.165) is 34.8 Å². The lowest BCUT2D eigenvalue weighted by atomic mass is 10.1. The second-order valence-corrected chi connectivity index (χ2v) is 6.19. The molecule has 5 nitrogen and oxygen atoms in total. The molecule has 0 radical (unpaired) electrons. The average Bonchev–Trinajstić information content (AvgIpc) is 2.83. The molecule has 0 aliphatic carbocycles. The molecule has 3 heterocycles. The first-order valence-electron chi connectivity index (χ1n) is 8.17. The summed E-state index contributed by atoms with van der Waals surface area (Å²) in [4.78, 5) is 21.4. The van der Waals surface area contributed by atoms with Gasteiger partial charge in [-0.25, -0.2) is 4.98 Å². The van der Waals surface area contributed by atoms with Gasteiger partial charge < -0.3 is 9.72 Å². The quantitative estimate of drug-likeness (QED) is 0.785. The molecular weight excluding hydrogens is 300 g/mol. The van der Waals surface area contributed by atoms with E-state index in [1.165, 1.54) is 0 Å². The second-order valence-electron chi connectivity index (χ2n) is 6.19. The molecule has 3 aromatic heterocycles. The number of aryl methyl sites for hydroxylation is 2. The number of hydrogen-bond donors (Lipinski definition) is 1. The molecule has 1 unspecified atom stereocenters. The maximum absolute atomic E-state index is 12.4. The minimum atomic E-state index is 0.00362. The molecule has 3 rings (SSSR count). The van der Waals surface area contributed by atoms with Crippen LogP contribution in [0.4, 0.5) is 0 Å². The number of nitrogens with one attached hydrogen (secondary N) is 1. The molecule has 124 valence electrons. The zero-order valence-electron chi connectivity index (χ0n) is 14.3. The standard InChI is InChI=1S/C19H22N4O/c1-13-7-6-8-16(20-13)11-14(2)21-19(24)12-17-15(3)22-18-9-4-5-10-23(17)18/h4-10,14H,11-12H2,1-3H3,(H,21,24). The topological polar surface area (TPSA) is 59.3 Å². The fraction of sp³-hybridized carbons (Fsp3) is 0.316. The van der Waals surface area contributed by atoms with Gasteiger partial charge in [0, 0.05) is 30.0 Å². The Bertz CT molecular complexity index is 869. The third-order valence-corrected chi connectivity index (χ3v) is 4.03. The molecule has 3 aromatic rings. The highest BCUT2D eigenvalue weighted by molar-refractivity contribution is 5.79. The first-order chi connectivity index (χ1) is 11.5. The summed E-state index contributed by atoms with van der Waals surface area (Å²) in [5.41, 5.74) is 4.68. The van der Waals surface area contributed by atoms with Crippen LogP contribution in [0.15, 0.2) is 42.6 Å². The van der Waals surface area contributed by atoms with Crippen LogP contribution >= 0.6 is 0 Å². The van der Waals surface area contributed by atoms with Crippen molar-refractivity contribution in [2.75, 3.05) is 0 Å². The number of rotatable bonds is 5. The maximum atomic E-state index is 12.4. The molecule has 0 fully saturated rings. The molecule has 24 heavy (non-hydrogen) atoms. The summed E-state index contributed by atoms with van der Waals surface area (Å²) in [6.07, 6.45) is 2.99. The van der Waals surface area contributed by atoms with E-state index in [-0.39, 0.29) is 11.9 Å². The van der Waals surface area contributed by atoms with Crippen LogP contribution in [0.1, 0.15) is 29.7 Å². The smallest absolute Gasteiger partial charge is 0.226 e. The normalized spacial score (nSPS) is 12.3. The van der Waals surface area contributed by atoms with E-state index in [2.05, 4.69) is 15.3 Å². The molecule has 1 atom stereocenters. The van der Waals surface area contributed by atoms with Gasteiger partial charge >= 0.3 is 0 Å². The number of pyridine rings is 2. The Balaban J connectivity index is 1.65. The van der Waals surface area contributed by atoms with Gasteiger partial charge in [-0.1, -0.05) is 12.1 Å². The molecule has 1 amide bonds. The molecule has 0 bridgehead atoms. The second kappa shape index (κ2) is 6.83. The molecule has 5 heteroatoms. The van der Waals surface area contributed by atoms with Gasteiger partial charge in [0.25, 0.3) is 0 Å². The number of carbonyl (C=O) groups is 1. The number of aromatic nitrogens is 3. The van der Waals surface area contributed by atoms with Gasteiger partial charge in [0.1, 0.15) is 5.65 Å². The van der Waals surface area contributed by atoms with E-state index in [1.807, 2.05) is 67.8 Å². The van der Waals surface area contributed by atoms with E-state index in [0.29, 0.717) is 6.42 Å². The summed E-state index contributed by atoms with van der Waals surface area (Å²) >= 11 is 0. The lowest BCUT2D eigenvalue weighted by molar-refractivity contribution is -0.121. The Labute approximate surface area is 141 Å². The van der Waals surface area contributed by atoms with Gasteiger partial charge in [-0.05, 0) is 45.0 Å². The maximum Gasteiger partial charge on any atom is 0.226 e. The largest absolute Gasteiger partial charge is 0.353 e. The molecule has 0 aliphatic heterocycles. The number of fused-ring (bicyclic) bond motifs is 1. The summed E-state index contributed by atoms with van der Waals surface area (Å²) in [7, 11) is 0. The van der Waals surface area contributed by atoms with E-state index in [1.54, 1.807) is 0 Å². The summed E-state index contributed by atoms with van der Waals surface area (Å²) in [5.74, 6) is 0.00362. The molecular formula is C19H22N4O. The van der Waals surface area contributed by atoms with Crippen molar-refractivity contribution < 1.29 is 4.79 Å². The van der Waals surface area contributed by atoms with Crippen LogP contribution in [0, 0.1) is 13.8 Å². The van der Waals surface area contributed by atoms with Crippen molar-refractivity contribution in [3.63, 3.8) is 0 Å². The van der Waals surface area contributed by atoms with Gasteiger partial charge in [0.15, 0.2) is 0 Å². The van der Waals surface area contributed by atoms with Crippen LogP contribution in [0.5, 0.6) is 0 Å². The zero-order valence-corrected chi connectivity index (χ0v) is 14.3. The van der Waals surface area contributed by atoms with E-state index < -0.39 is 0 Å². The summed E-state index contributed by atoms with van der Waals surface area (Å²) < 4.78 is 1.97. The lowest BCUT2D eigenvalue weighted by Gasteiger charge is -2.14. The lowest BCUT2D eigenvalue weighted by Crippen LogP contribution is -2.35. The van der Waals surface area contributed by atoms with Crippen molar-refractivity contribution in [1.82, 2.24) is 19.7 Å². The molecule has 0 saturated heterocycles. The first-order valence-corrected chi connectivity index (χ1v) is 8.17. The first kappa shape index (κ1) is 16.2. The molecule has 0 aromatic carbocycles. The fourth-order valence-corrected chi connectivity index (χ4v) is 2.93. The van der Waals surface area contributed by atoms with Crippen molar-refractivity contribution in [3.8, 4) is 0 Å². The Morgan fingerprint density at radius 3 is 2.79 bits per heavy atom. The van der Waals surface area contributed by atoms with Gasteiger partial charge in [-0.3, -0.25) is 9.78 Å². The Hall–Kier alpha value is -2.69. The zero-order chi connectivity index (χ0) is 17.1. The minimum absolute atomic E-state index is 0.00362. The van der Waals surface area contributed by atoms with Gasteiger partial charge in [0.2, 0.25) is 5.91 Å². The summed E-state index contributed by atoms with van der Waals surface area (Å²) in [6.45, 7) is 5.92. The van der Waals surface area contributed by atoms with Crippen LogP contribution in [-0.2, 0) is 17.6 Å². The van der Waals surface area contributed by atoms with Gasteiger partial charge in [-0.15, -0.1) is 0 Å². The predicted molar refractivity (Wildman–Crippen MR) is 93.9 cm³/mol. The van der Waals surface area contributed by atoms with Gasteiger partial charge in [-0.2, -0.15) is 0 Å². The predicted octanol–water partition coefficient (Wildman–Crippen LogP) is 2.64. The SMILES string of the molecule is Cc1cccc(CC(C)NC(=O)Cc2c(C)nc3ccccn23)n1. The molecule has 0 saturated carbocycles. The molecule has 0 aliphatic rings. The Morgan fingerprint density at radius 1 is 1.17 bits per heavy atom. The number of imidazole rings is 1. The monoisotopic (exact) mass is 322 g/mol. The number of amides is 1. The highest BCUT2D eigenvalue weighted by atomic mass is 16.1. The third kappa shape index (κ3) is 3.62. The Morgan fingerprint density at radius 2 is 2.00 bits per heavy atom. The van der Waals surface area contributed by atoms with E-state index in [9.17, 15) is 4.79 Å². The third-order valence-electron chi connectivity index (χ3n) is 4.03. The van der Waals surface area contributed by atoms with Crippen LogP contribution < -0.4 is 5.32 Å². The number of carbonyl (C=O) groups excluding carboxylic acids is 1. The van der Waals surface area contributed by atoms with Crippen LogP contribution in [-0.4, -0.2) is 26.3 Å². The molecule has 1 N–H and O–H groups in total. The fourth-order valence-electron chi connectivity index (χ4n) is 2.93. The summed E-state index contributed by atoms with van der Waals surface area (Å²) in [6, 6.07) is 11.8. The van der Waals surface area contributed by atoms with Gasteiger partial charge in [0.05, 0.1) is 17.8 Å². The number of nitrogens with zero attached hydrogens (tertiary/aromatic N) is 3. The molecule has 0 spiro atoms. The van der Waals surface area contributed by atoms with Crippen molar-refractivity contribution in [1.29, 1.82) is 0 Å². The van der Waals surface area contributed by atoms with E-state index in [4.69, 9.17) is 0 Å². The van der Waals surface area contributed by atoms with Crippen LogP contribution in [0.3, 0.4) is 0 Å². The van der Waals surface area contributed by atoms with Crippen molar-refractivity contribution in [2.24, 2.45) is 0 Å².